The monoisotopic (exact) mass is 482 g/mol. The summed E-state index contributed by atoms with van der Waals surface area (Å²) in [6, 6.07) is 15.7. The Hall–Kier alpha value is -2.75. The molecule has 0 radical (unpaired) electrons. The number of para-hydroxylation sites is 1. The van der Waals surface area contributed by atoms with Crippen LogP contribution in [0.2, 0.25) is 0 Å². The highest BCUT2D eigenvalue weighted by Gasteiger charge is 2.18. The number of nitrogens with one attached hydrogen (secondary N) is 1. The fourth-order valence-corrected chi connectivity index (χ4v) is 5.32. The molecule has 1 N–H and O–H groups in total. The van der Waals surface area contributed by atoms with Gasteiger partial charge in [0.2, 0.25) is 11.8 Å². The van der Waals surface area contributed by atoms with Crippen LogP contribution in [0.4, 0.5) is 0 Å². The van der Waals surface area contributed by atoms with Crippen LogP contribution in [-0.4, -0.2) is 45.5 Å². The van der Waals surface area contributed by atoms with Gasteiger partial charge in [-0.15, -0.1) is 22.7 Å². The van der Waals surface area contributed by atoms with Gasteiger partial charge in [-0.2, -0.15) is 0 Å². The van der Waals surface area contributed by atoms with Crippen molar-refractivity contribution < 1.29 is 9.59 Å². The largest absolute Gasteiger partial charge is 0.350 e. The van der Waals surface area contributed by atoms with Crippen molar-refractivity contribution in [3.8, 4) is 10.7 Å². The minimum absolute atomic E-state index is 0.0479. The maximum Gasteiger partial charge on any atom is 0.239 e. The fraction of sp³-hybridized carbons (Fsp3) is 0.217. The van der Waals surface area contributed by atoms with Gasteiger partial charge in [0.05, 0.1) is 29.2 Å². The highest BCUT2D eigenvalue weighted by molar-refractivity contribution is 8.00. The summed E-state index contributed by atoms with van der Waals surface area (Å²) in [5.74, 6) is 0.612. The van der Waals surface area contributed by atoms with Gasteiger partial charge < -0.3 is 10.2 Å². The lowest BCUT2D eigenvalue weighted by molar-refractivity contribution is -0.133. The van der Waals surface area contributed by atoms with E-state index in [1.807, 2.05) is 66.2 Å². The molecule has 3 aromatic heterocycles. The molecule has 4 aromatic rings. The third-order valence-corrected chi connectivity index (χ3v) is 7.47. The third-order valence-electron chi connectivity index (χ3n) is 4.75. The van der Waals surface area contributed by atoms with Gasteiger partial charge in [-0.25, -0.2) is 9.97 Å². The molecule has 164 valence electrons. The molecule has 0 aliphatic rings. The number of thiophene rings is 2. The van der Waals surface area contributed by atoms with Crippen molar-refractivity contribution in [1.82, 2.24) is 20.2 Å². The molecule has 0 saturated heterocycles. The number of amides is 2. The second-order valence-corrected chi connectivity index (χ2v) is 9.84. The van der Waals surface area contributed by atoms with Crippen LogP contribution in [0.3, 0.4) is 0 Å². The molecule has 0 atom stereocenters. The van der Waals surface area contributed by atoms with Gasteiger partial charge in [0.15, 0.2) is 5.82 Å². The molecule has 2 amide bonds. The molecule has 3 heterocycles. The van der Waals surface area contributed by atoms with Gasteiger partial charge in [0.25, 0.3) is 0 Å². The molecule has 0 spiro atoms. The van der Waals surface area contributed by atoms with E-state index in [-0.39, 0.29) is 24.1 Å². The fourth-order valence-electron chi connectivity index (χ4n) is 3.10. The summed E-state index contributed by atoms with van der Waals surface area (Å²) >= 11 is 4.56. The van der Waals surface area contributed by atoms with Gasteiger partial charge >= 0.3 is 0 Å². The van der Waals surface area contributed by atoms with Crippen LogP contribution in [0.1, 0.15) is 11.8 Å². The lowest BCUT2D eigenvalue weighted by atomic mass is 10.2. The summed E-state index contributed by atoms with van der Waals surface area (Å²) in [6.45, 7) is 2.88. The van der Waals surface area contributed by atoms with Gasteiger partial charge in [0, 0.05) is 16.8 Å². The van der Waals surface area contributed by atoms with E-state index in [9.17, 15) is 9.59 Å². The number of benzene rings is 1. The number of hydrogen-bond donors (Lipinski definition) is 1. The Bertz CT molecular complexity index is 1190. The number of likely N-dealkylation sites (N-methyl/N-ethyl adjacent to an activating group) is 1. The summed E-state index contributed by atoms with van der Waals surface area (Å²) in [6.07, 6.45) is 0. The van der Waals surface area contributed by atoms with E-state index in [4.69, 9.17) is 4.98 Å². The third kappa shape index (κ3) is 5.53. The topological polar surface area (TPSA) is 75.2 Å². The molecule has 0 bridgehead atoms. The van der Waals surface area contributed by atoms with Crippen LogP contribution in [0, 0.1) is 0 Å². The Kier molecular flexibility index (Phi) is 7.51. The SMILES string of the molecule is CCN(CC(=O)NCc1cccs1)C(=O)CSc1nc(-c2cccs2)nc2ccccc12. The van der Waals surface area contributed by atoms with Crippen LogP contribution in [-0.2, 0) is 16.1 Å². The zero-order chi connectivity index (χ0) is 22.3. The summed E-state index contributed by atoms with van der Waals surface area (Å²) in [7, 11) is 0. The Labute approximate surface area is 198 Å². The lowest BCUT2D eigenvalue weighted by Crippen LogP contribution is -2.41. The zero-order valence-corrected chi connectivity index (χ0v) is 19.9. The number of rotatable bonds is 9. The molecule has 0 fully saturated rings. The first-order chi connectivity index (χ1) is 15.6. The maximum atomic E-state index is 12.9. The predicted octanol–water partition coefficient (Wildman–Crippen LogP) is 4.68. The number of nitrogens with zero attached hydrogens (tertiary/aromatic N) is 3. The number of thioether (sulfide) groups is 1. The van der Waals surface area contributed by atoms with Crippen molar-refractivity contribution in [2.75, 3.05) is 18.8 Å². The quantitative estimate of drug-likeness (QED) is 0.277. The first kappa shape index (κ1) is 22.4. The highest BCUT2D eigenvalue weighted by Crippen LogP contribution is 2.30. The number of hydrogen-bond acceptors (Lipinski definition) is 7. The highest BCUT2D eigenvalue weighted by atomic mass is 32.2. The Balaban J connectivity index is 1.42. The van der Waals surface area contributed by atoms with E-state index >= 15 is 0 Å². The zero-order valence-electron chi connectivity index (χ0n) is 17.5. The first-order valence-corrected chi connectivity index (χ1v) is 12.9. The Morgan fingerprint density at radius 3 is 2.59 bits per heavy atom. The predicted molar refractivity (Wildman–Crippen MR) is 132 cm³/mol. The van der Waals surface area contributed by atoms with Gasteiger partial charge in [-0.1, -0.05) is 42.1 Å². The maximum absolute atomic E-state index is 12.9. The van der Waals surface area contributed by atoms with Crippen LogP contribution in [0.5, 0.6) is 0 Å². The molecule has 4 rings (SSSR count). The van der Waals surface area contributed by atoms with Crippen molar-refractivity contribution in [2.45, 2.75) is 18.5 Å². The van der Waals surface area contributed by atoms with E-state index in [1.54, 1.807) is 27.6 Å². The number of fused-ring (bicyclic) bond motifs is 1. The number of carbonyl (C=O) groups is 2. The summed E-state index contributed by atoms with van der Waals surface area (Å²) in [4.78, 5) is 38.2. The van der Waals surface area contributed by atoms with Gasteiger partial charge in [0.1, 0.15) is 5.03 Å². The van der Waals surface area contributed by atoms with E-state index < -0.39 is 0 Å². The normalized spacial score (nSPS) is 10.9. The molecule has 6 nitrogen and oxygen atoms in total. The van der Waals surface area contributed by atoms with Crippen molar-refractivity contribution in [3.05, 3.63) is 64.2 Å². The summed E-state index contributed by atoms with van der Waals surface area (Å²) < 4.78 is 0. The lowest BCUT2D eigenvalue weighted by Gasteiger charge is -2.20. The Morgan fingerprint density at radius 2 is 1.84 bits per heavy atom. The molecular weight excluding hydrogens is 460 g/mol. The van der Waals surface area contributed by atoms with E-state index in [1.165, 1.54) is 11.8 Å². The van der Waals surface area contributed by atoms with Crippen LogP contribution >= 0.6 is 34.4 Å². The molecular formula is C23H22N4O2S3. The molecule has 1 aromatic carbocycles. The van der Waals surface area contributed by atoms with E-state index in [2.05, 4.69) is 10.3 Å². The first-order valence-electron chi connectivity index (χ1n) is 10.1. The second-order valence-electron chi connectivity index (χ2n) is 6.90. The van der Waals surface area contributed by atoms with Crippen LogP contribution < -0.4 is 5.32 Å². The summed E-state index contributed by atoms with van der Waals surface area (Å²) in [5, 5.41) is 8.53. The average molecular weight is 483 g/mol. The number of carbonyl (C=O) groups excluding carboxylic acids is 2. The van der Waals surface area contributed by atoms with Crippen molar-refractivity contribution >= 4 is 57.2 Å². The Morgan fingerprint density at radius 1 is 1.03 bits per heavy atom. The van der Waals surface area contributed by atoms with Gasteiger partial charge in [-0.3, -0.25) is 9.59 Å². The van der Waals surface area contributed by atoms with Crippen molar-refractivity contribution in [3.63, 3.8) is 0 Å². The summed E-state index contributed by atoms with van der Waals surface area (Å²) in [5.41, 5.74) is 0.848. The van der Waals surface area contributed by atoms with Crippen molar-refractivity contribution in [2.24, 2.45) is 0 Å². The van der Waals surface area contributed by atoms with Crippen LogP contribution in [0.25, 0.3) is 21.6 Å². The smallest absolute Gasteiger partial charge is 0.239 e. The average Bonchev–Trinajstić information content (AvgIpc) is 3.53. The second kappa shape index (κ2) is 10.7. The molecule has 32 heavy (non-hydrogen) atoms. The van der Waals surface area contributed by atoms with E-state index in [0.717, 1.165) is 25.7 Å². The van der Waals surface area contributed by atoms with Crippen molar-refractivity contribution in [1.29, 1.82) is 0 Å². The molecule has 0 aliphatic heterocycles. The molecule has 9 heteroatoms. The van der Waals surface area contributed by atoms with Crippen LogP contribution in [0.15, 0.2) is 64.3 Å². The van der Waals surface area contributed by atoms with E-state index in [0.29, 0.717) is 18.9 Å². The number of aromatic nitrogens is 2. The molecule has 0 saturated carbocycles. The standard InChI is InChI=1S/C23H22N4O2S3/c1-2-27(14-20(28)24-13-16-7-5-11-30-16)21(29)15-32-23-17-8-3-4-9-18(17)25-22(26-23)19-10-6-12-31-19/h3-12H,2,13-15H2,1H3,(H,24,28). The van der Waals surface area contributed by atoms with Gasteiger partial charge in [-0.05, 0) is 35.9 Å². The minimum Gasteiger partial charge on any atom is -0.350 e. The molecule has 0 unspecified atom stereocenters. The molecule has 0 aliphatic carbocycles. The minimum atomic E-state index is -0.161.